The summed E-state index contributed by atoms with van der Waals surface area (Å²) in [5.41, 5.74) is 0. The number of halogens is 17. The summed E-state index contributed by atoms with van der Waals surface area (Å²) in [4.78, 5) is 0. The van der Waals surface area contributed by atoms with Gasteiger partial charge in [-0.05, 0) is 0 Å². The molecule has 0 aliphatic heterocycles. The third-order valence-electron chi connectivity index (χ3n) is 2.87. The first-order chi connectivity index (χ1) is 12.2. The third-order valence-corrected chi connectivity index (χ3v) is 3.21. The van der Waals surface area contributed by atoms with Gasteiger partial charge in [-0.15, -0.1) is 0 Å². The van der Waals surface area contributed by atoms with E-state index in [1.807, 2.05) is 0 Å². The van der Waals surface area contributed by atoms with E-state index in [1.165, 1.54) is 0 Å². The molecule has 0 aliphatic carbocycles. The molecule has 0 aromatic rings. The molecule has 0 radical (unpaired) electrons. The van der Waals surface area contributed by atoms with Gasteiger partial charge in [0.1, 0.15) is 0 Å². The van der Waals surface area contributed by atoms with Crippen molar-refractivity contribution < 1.29 is 139 Å². The van der Waals surface area contributed by atoms with Gasteiger partial charge in [0, 0.05) is 0 Å². The van der Waals surface area contributed by atoms with Gasteiger partial charge in [-0.3, -0.25) is 0 Å². The van der Waals surface area contributed by atoms with Gasteiger partial charge in [-0.25, -0.2) is 8.39 Å². The van der Waals surface area contributed by atoms with E-state index in [2.05, 4.69) is 0 Å². The Balaban J connectivity index is 0. The molecule has 0 saturated heterocycles. The molecule has 22 heteroatoms. The number of hydrogen-bond donors (Lipinski definition) is 0. The van der Waals surface area contributed by atoms with E-state index in [1.54, 1.807) is 4.18 Å². The molecule has 3 nitrogen and oxygen atoms in total. The Kier molecular flexibility index (Phi) is 9.48. The summed E-state index contributed by atoms with van der Waals surface area (Å²) in [6.07, 6.45) is -15.2. The van der Waals surface area contributed by atoms with Crippen LogP contribution in [0.25, 0.3) is 0 Å². The third kappa shape index (κ3) is 4.60. The van der Waals surface area contributed by atoms with Crippen molar-refractivity contribution in [1.29, 1.82) is 0 Å². The van der Waals surface area contributed by atoms with Crippen LogP contribution in [0, 0.1) is 0 Å². The summed E-state index contributed by atoms with van der Waals surface area (Å²) in [7, 11) is 0. The maximum atomic E-state index is 13.1. The maximum Gasteiger partial charge on any atom is 1.00 e. The molecule has 0 amide bonds. The Bertz CT molecular complexity index is 643. The second kappa shape index (κ2) is 8.70. The van der Waals surface area contributed by atoms with Gasteiger partial charge in [0.15, 0.2) is 0 Å². The maximum absolute atomic E-state index is 13.1. The quantitative estimate of drug-likeness (QED) is 0.269. The van der Waals surface area contributed by atoms with E-state index >= 15 is 0 Å². The molecule has 0 aromatic heterocycles. The molecule has 0 rings (SSSR count). The standard InChI is InChI=1S/C8HF17O3S.K/c9-1(10,3(13,14)5(17,18)7(21,22)23)2(11,12)4(15,16)6(19,20)8(24,25)28-29(26)27;/h(H,26,27);/q;+1/p-1. The summed E-state index contributed by atoms with van der Waals surface area (Å²) in [6.45, 7) is 0. The van der Waals surface area contributed by atoms with Crippen LogP contribution >= 0.6 is 0 Å². The minimum Gasteiger partial charge on any atom is -0.750 e. The van der Waals surface area contributed by atoms with Crippen molar-refractivity contribution in [2.24, 2.45) is 0 Å². The smallest absolute Gasteiger partial charge is 0.750 e. The molecule has 0 aliphatic rings. The van der Waals surface area contributed by atoms with Crippen LogP contribution in [-0.4, -0.2) is 56.6 Å². The van der Waals surface area contributed by atoms with E-state index in [0.29, 0.717) is 0 Å². The first-order valence-corrected chi connectivity index (χ1v) is 6.67. The SMILES string of the molecule is O=S([O-])OC(F)(F)C(F)(F)C(F)(F)C(F)(F)C(F)(F)C(F)(F)C(F)(F)C(F)(F)F.[K+]. The zero-order valence-corrected chi connectivity index (χ0v) is 17.0. The molecular formula is C8F17KO3S. The molecule has 0 saturated carbocycles. The van der Waals surface area contributed by atoms with E-state index in [0.717, 1.165) is 0 Å². The second-order valence-electron chi connectivity index (χ2n) is 4.75. The largest absolute Gasteiger partial charge is 1.00 e. The Labute approximate surface area is 197 Å². The van der Waals surface area contributed by atoms with Crippen LogP contribution < -0.4 is 51.4 Å². The fraction of sp³-hybridized carbons (Fsp3) is 1.00. The van der Waals surface area contributed by atoms with Gasteiger partial charge < -0.3 is 4.55 Å². The summed E-state index contributed by atoms with van der Waals surface area (Å²) < 4.78 is 236. The van der Waals surface area contributed by atoms with Crippen LogP contribution in [0.2, 0.25) is 0 Å². The van der Waals surface area contributed by atoms with Crippen LogP contribution in [0.5, 0.6) is 0 Å². The van der Waals surface area contributed by atoms with E-state index in [4.69, 9.17) is 0 Å². The van der Waals surface area contributed by atoms with Crippen LogP contribution in [-0.2, 0) is 15.5 Å². The molecule has 1 atom stereocenters. The average molecular weight is 538 g/mol. The van der Waals surface area contributed by atoms with Crippen molar-refractivity contribution >= 4 is 11.4 Å². The number of hydrogen-bond acceptors (Lipinski definition) is 3. The van der Waals surface area contributed by atoms with E-state index < -0.39 is 59.2 Å². The van der Waals surface area contributed by atoms with Gasteiger partial charge in [-0.1, -0.05) is 0 Å². The molecule has 0 spiro atoms. The van der Waals surface area contributed by atoms with Crippen LogP contribution in [0.1, 0.15) is 0 Å². The monoisotopic (exact) mass is 538 g/mol. The number of alkyl halides is 17. The fourth-order valence-electron chi connectivity index (χ4n) is 1.29. The van der Waals surface area contributed by atoms with Crippen LogP contribution in [0.3, 0.4) is 0 Å². The minimum atomic E-state index is -8.78. The van der Waals surface area contributed by atoms with Gasteiger partial charge in [-0.2, -0.15) is 74.6 Å². The Morgan fingerprint density at radius 3 is 0.967 bits per heavy atom. The zero-order valence-electron chi connectivity index (χ0n) is 13.1. The molecule has 0 heterocycles. The summed E-state index contributed by atoms with van der Waals surface area (Å²) in [5.74, 6) is -51.2. The topological polar surface area (TPSA) is 49.4 Å². The van der Waals surface area contributed by atoms with E-state index in [-0.39, 0.29) is 51.4 Å². The Morgan fingerprint density at radius 2 is 0.733 bits per heavy atom. The molecule has 0 N–H and O–H groups in total. The van der Waals surface area contributed by atoms with E-state index in [9.17, 15) is 83.4 Å². The molecule has 0 bridgehead atoms. The van der Waals surface area contributed by atoms with Crippen molar-refractivity contribution in [2.45, 2.75) is 47.8 Å². The van der Waals surface area contributed by atoms with Crippen LogP contribution in [0.4, 0.5) is 74.6 Å². The minimum absolute atomic E-state index is 0. The van der Waals surface area contributed by atoms with Crippen LogP contribution in [0.15, 0.2) is 0 Å². The molecule has 30 heavy (non-hydrogen) atoms. The molecule has 176 valence electrons. The summed E-state index contributed by atoms with van der Waals surface area (Å²) in [5, 5.41) is 0. The first-order valence-electron chi connectivity index (χ1n) is 5.67. The Morgan fingerprint density at radius 1 is 0.500 bits per heavy atom. The van der Waals surface area contributed by atoms with Crippen molar-refractivity contribution in [1.82, 2.24) is 0 Å². The molecule has 1 unspecified atom stereocenters. The van der Waals surface area contributed by atoms with Crippen molar-refractivity contribution in [3.05, 3.63) is 0 Å². The first kappa shape index (κ1) is 32.7. The predicted octanol–water partition coefficient (Wildman–Crippen LogP) is 1.77. The predicted molar refractivity (Wildman–Crippen MR) is 50.7 cm³/mol. The number of rotatable bonds is 8. The van der Waals surface area contributed by atoms with Gasteiger partial charge in [0.2, 0.25) is 0 Å². The van der Waals surface area contributed by atoms with Gasteiger partial charge in [0.25, 0.3) is 0 Å². The summed E-state index contributed by atoms with van der Waals surface area (Å²) >= 11 is -4.97. The zero-order chi connectivity index (χ0) is 24.3. The fourth-order valence-corrected chi connectivity index (χ4v) is 1.56. The second-order valence-corrected chi connectivity index (χ2v) is 5.32. The van der Waals surface area contributed by atoms with Crippen molar-refractivity contribution in [3.8, 4) is 0 Å². The van der Waals surface area contributed by atoms with Crippen molar-refractivity contribution in [3.63, 3.8) is 0 Å². The summed E-state index contributed by atoms with van der Waals surface area (Å²) in [6, 6.07) is 0. The van der Waals surface area contributed by atoms with Gasteiger partial charge >= 0.3 is 99.2 Å². The normalized spacial score (nSPS) is 16.9. The molecule has 0 aromatic carbocycles. The van der Waals surface area contributed by atoms with Gasteiger partial charge in [0.05, 0.1) is 11.4 Å². The Hall–Kier alpha value is 0.516. The average Bonchev–Trinajstić information content (AvgIpc) is 2.43. The van der Waals surface area contributed by atoms with Crippen molar-refractivity contribution in [2.75, 3.05) is 0 Å². The molecule has 0 fully saturated rings. The molecular weight excluding hydrogens is 538 g/mol.